The van der Waals surface area contributed by atoms with E-state index in [9.17, 15) is 15.2 Å². The van der Waals surface area contributed by atoms with Crippen LogP contribution in [0.3, 0.4) is 0 Å². The summed E-state index contributed by atoms with van der Waals surface area (Å²) in [6, 6.07) is 13.6. The number of nitriles is 1. The highest BCUT2D eigenvalue weighted by atomic mass is 16.5. The molecule has 27 heavy (non-hydrogen) atoms. The molecule has 0 atom stereocenters. The van der Waals surface area contributed by atoms with Crippen molar-refractivity contribution in [1.29, 1.82) is 5.26 Å². The van der Waals surface area contributed by atoms with Gasteiger partial charge in [0.15, 0.2) is 0 Å². The van der Waals surface area contributed by atoms with E-state index < -0.39 is 5.97 Å². The number of fused-ring (bicyclic) bond motifs is 1. The van der Waals surface area contributed by atoms with Crippen LogP contribution in [0.25, 0.3) is 11.3 Å². The Balaban J connectivity index is 2.18. The number of phenolic OH excluding ortho intramolecular Hbond substituents is 1. The van der Waals surface area contributed by atoms with E-state index in [4.69, 9.17) is 14.2 Å². The zero-order valence-corrected chi connectivity index (χ0v) is 14.9. The van der Waals surface area contributed by atoms with Gasteiger partial charge in [-0.15, -0.1) is 0 Å². The second kappa shape index (κ2) is 7.67. The highest BCUT2D eigenvalue weighted by Crippen LogP contribution is 2.40. The van der Waals surface area contributed by atoms with Crippen molar-refractivity contribution in [3.8, 4) is 23.3 Å². The molecule has 1 N–H and O–H groups in total. The third kappa shape index (κ3) is 3.62. The van der Waals surface area contributed by atoms with Gasteiger partial charge in [0.2, 0.25) is 0 Å². The Hall–Kier alpha value is -3.72. The number of hydrogen-bond donors (Lipinski definition) is 1. The minimum absolute atomic E-state index is 0.00250. The predicted molar refractivity (Wildman–Crippen MR) is 98.9 cm³/mol. The molecule has 1 aliphatic heterocycles. The fraction of sp³-hybridized carbons (Fsp3) is 0.143. The molecule has 1 aliphatic rings. The number of aromatic hydroxyl groups is 1. The van der Waals surface area contributed by atoms with Gasteiger partial charge in [-0.25, -0.2) is 4.79 Å². The second-order valence-corrected chi connectivity index (χ2v) is 5.64. The van der Waals surface area contributed by atoms with Gasteiger partial charge in [-0.3, -0.25) is 0 Å². The van der Waals surface area contributed by atoms with Crippen LogP contribution in [0.1, 0.15) is 18.1 Å². The van der Waals surface area contributed by atoms with Crippen molar-refractivity contribution < 1.29 is 24.1 Å². The van der Waals surface area contributed by atoms with Gasteiger partial charge < -0.3 is 19.3 Å². The van der Waals surface area contributed by atoms with Gasteiger partial charge in [-0.1, -0.05) is 0 Å². The molecule has 0 aliphatic carbocycles. The number of phenols is 1. The number of methoxy groups -OCH3 is 1. The molecule has 0 saturated heterocycles. The van der Waals surface area contributed by atoms with Crippen LogP contribution in [0.4, 0.5) is 0 Å². The molecule has 2 aromatic carbocycles. The Bertz CT molecular complexity index is 981. The molecule has 0 saturated carbocycles. The maximum absolute atomic E-state index is 12.2. The summed E-state index contributed by atoms with van der Waals surface area (Å²) in [5.41, 5.74) is 1.36. The molecule has 0 aromatic heterocycles. The van der Waals surface area contributed by atoms with Crippen molar-refractivity contribution in [2.45, 2.75) is 6.92 Å². The number of allylic oxidation sites excluding steroid dienone is 2. The van der Waals surface area contributed by atoms with Crippen LogP contribution in [0, 0.1) is 11.3 Å². The van der Waals surface area contributed by atoms with Crippen LogP contribution in [0.2, 0.25) is 0 Å². The summed E-state index contributed by atoms with van der Waals surface area (Å²) in [7, 11) is 1.58. The second-order valence-electron chi connectivity index (χ2n) is 5.64. The zero-order valence-electron chi connectivity index (χ0n) is 14.9. The summed E-state index contributed by atoms with van der Waals surface area (Å²) in [5, 5.41) is 19.4. The van der Waals surface area contributed by atoms with E-state index in [1.165, 1.54) is 12.1 Å². The molecule has 6 heteroatoms. The van der Waals surface area contributed by atoms with E-state index >= 15 is 0 Å². The number of rotatable bonds is 4. The predicted octanol–water partition coefficient (Wildman–Crippen LogP) is 3.67. The molecular formula is C21H17NO5. The first kappa shape index (κ1) is 18.1. The van der Waals surface area contributed by atoms with Gasteiger partial charge >= 0.3 is 5.97 Å². The Morgan fingerprint density at radius 1 is 1.22 bits per heavy atom. The van der Waals surface area contributed by atoms with Gasteiger partial charge in [-0.05, 0) is 55.5 Å². The summed E-state index contributed by atoms with van der Waals surface area (Å²) in [6.45, 7) is 1.82. The van der Waals surface area contributed by atoms with Crippen LogP contribution in [-0.2, 0) is 9.53 Å². The lowest BCUT2D eigenvalue weighted by atomic mass is 9.95. The number of benzene rings is 2. The molecule has 0 fully saturated rings. The number of nitrogens with zero attached hydrogens (tertiary/aromatic N) is 1. The molecule has 2 aromatic rings. The van der Waals surface area contributed by atoms with Crippen LogP contribution in [0.15, 0.2) is 54.1 Å². The van der Waals surface area contributed by atoms with E-state index in [0.717, 1.165) is 5.56 Å². The first-order valence-corrected chi connectivity index (χ1v) is 8.26. The maximum Gasteiger partial charge on any atom is 0.349 e. The number of esters is 1. The van der Waals surface area contributed by atoms with Crippen LogP contribution < -0.4 is 9.47 Å². The van der Waals surface area contributed by atoms with E-state index in [0.29, 0.717) is 28.4 Å². The molecule has 0 unspecified atom stereocenters. The van der Waals surface area contributed by atoms with Crippen LogP contribution >= 0.6 is 0 Å². The van der Waals surface area contributed by atoms with Crippen LogP contribution in [0.5, 0.6) is 17.2 Å². The van der Waals surface area contributed by atoms with Crippen molar-refractivity contribution in [2.75, 3.05) is 13.7 Å². The quantitative estimate of drug-likeness (QED) is 0.506. The summed E-state index contributed by atoms with van der Waals surface area (Å²) >= 11 is 0. The fourth-order valence-electron chi connectivity index (χ4n) is 2.70. The Morgan fingerprint density at radius 3 is 2.59 bits per heavy atom. The van der Waals surface area contributed by atoms with E-state index in [1.807, 2.05) is 18.2 Å². The first-order chi connectivity index (χ1) is 13.1. The lowest BCUT2D eigenvalue weighted by Gasteiger charge is -2.21. The number of carbonyl (C=O) groups excluding carboxylic acids is 1. The Morgan fingerprint density at radius 2 is 1.96 bits per heavy atom. The fourth-order valence-corrected chi connectivity index (χ4v) is 2.70. The molecule has 6 nitrogen and oxygen atoms in total. The SMILES string of the molecule is CCOC(=O)/C(C#N)=C1\C=C(c2ccc(OC)cc2)Oc2ccc(O)cc21. The molecule has 0 radical (unpaired) electrons. The van der Waals surface area contributed by atoms with Crippen molar-refractivity contribution in [2.24, 2.45) is 0 Å². The number of carbonyl (C=O) groups is 1. The van der Waals surface area contributed by atoms with Crippen LogP contribution in [-0.4, -0.2) is 24.8 Å². The zero-order chi connectivity index (χ0) is 19.4. The normalized spacial score (nSPS) is 14.2. The minimum atomic E-state index is -0.725. The molecule has 0 amide bonds. The van der Waals surface area contributed by atoms with Gasteiger partial charge in [0, 0.05) is 16.7 Å². The molecule has 1 heterocycles. The average molecular weight is 363 g/mol. The third-order valence-electron chi connectivity index (χ3n) is 3.98. The molecule has 136 valence electrons. The van der Waals surface area contributed by atoms with Gasteiger partial charge in [-0.2, -0.15) is 5.26 Å². The topological polar surface area (TPSA) is 88.8 Å². The van der Waals surface area contributed by atoms with E-state index in [2.05, 4.69) is 0 Å². The number of ether oxygens (including phenoxy) is 3. The summed E-state index contributed by atoms with van der Waals surface area (Å²) in [6.07, 6.45) is 1.60. The summed E-state index contributed by atoms with van der Waals surface area (Å²) in [5.74, 6) is 0.852. The number of hydrogen-bond acceptors (Lipinski definition) is 6. The van der Waals surface area contributed by atoms with Crippen molar-refractivity contribution >= 4 is 17.3 Å². The lowest BCUT2D eigenvalue weighted by molar-refractivity contribution is -0.137. The molecule has 0 spiro atoms. The average Bonchev–Trinajstić information content (AvgIpc) is 2.69. The van der Waals surface area contributed by atoms with E-state index in [-0.39, 0.29) is 17.9 Å². The molecule has 0 bridgehead atoms. The Labute approximate surface area is 156 Å². The maximum atomic E-state index is 12.2. The monoisotopic (exact) mass is 363 g/mol. The first-order valence-electron chi connectivity index (χ1n) is 8.26. The van der Waals surface area contributed by atoms with Crippen molar-refractivity contribution in [3.63, 3.8) is 0 Å². The smallest absolute Gasteiger partial charge is 0.349 e. The third-order valence-corrected chi connectivity index (χ3v) is 3.98. The van der Waals surface area contributed by atoms with Gasteiger partial charge in [0.25, 0.3) is 0 Å². The standard InChI is InChI=1S/C21H17NO5/c1-3-26-21(24)18(12-22)16-11-20(13-4-7-15(25-2)8-5-13)27-19-9-6-14(23)10-17(16)19/h4-11,23H,3H2,1-2H3/b18-16+. The van der Waals surface area contributed by atoms with Gasteiger partial charge in [0.1, 0.15) is 34.7 Å². The lowest BCUT2D eigenvalue weighted by Crippen LogP contribution is -2.11. The Kier molecular flexibility index (Phi) is 5.13. The van der Waals surface area contributed by atoms with Crippen molar-refractivity contribution in [1.82, 2.24) is 0 Å². The van der Waals surface area contributed by atoms with Gasteiger partial charge in [0.05, 0.1) is 13.7 Å². The highest BCUT2D eigenvalue weighted by molar-refractivity contribution is 6.06. The largest absolute Gasteiger partial charge is 0.508 e. The molecular weight excluding hydrogens is 346 g/mol. The minimum Gasteiger partial charge on any atom is -0.508 e. The summed E-state index contributed by atoms with van der Waals surface area (Å²) in [4.78, 5) is 12.2. The summed E-state index contributed by atoms with van der Waals surface area (Å²) < 4.78 is 16.1. The highest BCUT2D eigenvalue weighted by Gasteiger charge is 2.25. The van der Waals surface area contributed by atoms with Crippen molar-refractivity contribution in [3.05, 3.63) is 65.2 Å². The van der Waals surface area contributed by atoms with E-state index in [1.54, 1.807) is 38.3 Å². The molecule has 3 rings (SSSR count).